The van der Waals surface area contributed by atoms with E-state index in [1.54, 1.807) is 0 Å². The van der Waals surface area contributed by atoms with Gasteiger partial charge in [-0.2, -0.15) is 0 Å². The molecule has 0 aromatic carbocycles. The molecule has 0 aromatic heterocycles. The highest BCUT2D eigenvalue weighted by atomic mass is 31.2. The van der Waals surface area contributed by atoms with Gasteiger partial charge in [-0.25, -0.2) is 0 Å². The predicted molar refractivity (Wildman–Crippen MR) is 284 cm³/mol. The molecule has 67 heavy (non-hydrogen) atoms. The Kier molecular flexibility index (Phi) is 47.5. The van der Waals surface area contributed by atoms with Crippen molar-refractivity contribution in [3.05, 3.63) is 12.2 Å². The molecular weight excluding hydrogens is 856 g/mol. The van der Waals surface area contributed by atoms with Crippen LogP contribution in [-0.4, -0.2) is 69.4 Å². The van der Waals surface area contributed by atoms with Crippen LogP contribution in [0.1, 0.15) is 290 Å². The Morgan fingerprint density at radius 1 is 0.507 bits per heavy atom. The largest absolute Gasteiger partial charge is 0.756 e. The van der Waals surface area contributed by atoms with Gasteiger partial charge in [0.05, 0.1) is 33.8 Å². The summed E-state index contributed by atoms with van der Waals surface area (Å²) in [5, 5.41) is 3.03. The van der Waals surface area contributed by atoms with Crippen molar-refractivity contribution in [2.75, 3.05) is 40.9 Å². The maximum absolute atomic E-state index is 13.5. The van der Waals surface area contributed by atoms with Gasteiger partial charge in [-0.3, -0.25) is 14.2 Å². The van der Waals surface area contributed by atoms with Crippen LogP contribution < -0.4 is 10.2 Å². The summed E-state index contributed by atoms with van der Waals surface area (Å²) in [5.74, 6) is -0.523. The molecule has 1 amide bonds. The maximum Gasteiger partial charge on any atom is 0.306 e. The third-order valence-corrected chi connectivity index (χ3v) is 14.2. The number of carbonyl (C=O) groups excluding carboxylic acids is 2. The Morgan fingerprint density at radius 2 is 0.851 bits per heavy atom. The zero-order valence-electron chi connectivity index (χ0n) is 45.4. The second-order valence-electron chi connectivity index (χ2n) is 21.2. The van der Waals surface area contributed by atoms with E-state index in [1.165, 1.54) is 199 Å². The van der Waals surface area contributed by atoms with Crippen molar-refractivity contribution < 1.29 is 37.3 Å². The van der Waals surface area contributed by atoms with Crippen molar-refractivity contribution in [3.63, 3.8) is 0 Å². The van der Waals surface area contributed by atoms with Crippen LogP contribution in [0, 0.1) is 0 Å². The Balaban J connectivity index is 5.31. The van der Waals surface area contributed by atoms with Gasteiger partial charge >= 0.3 is 5.97 Å². The Hall–Kier alpha value is -1.25. The topological polar surface area (TPSA) is 114 Å². The Morgan fingerprint density at radius 3 is 1.22 bits per heavy atom. The average Bonchev–Trinajstić information content (AvgIpc) is 3.28. The van der Waals surface area contributed by atoms with Crippen LogP contribution in [0.15, 0.2) is 12.2 Å². The highest BCUT2D eigenvalue weighted by molar-refractivity contribution is 7.45. The summed E-state index contributed by atoms with van der Waals surface area (Å²) in [6, 6.07) is -0.877. The highest BCUT2D eigenvalue weighted by Gasteiger charge is 2.27. The third-order valence-electron chi connectivity index (χ3n) is 13.2. The van der Waals surface area contributed by atoms with Gasteiger partial charge in [-0.15, -0.1) is 0 Å². The van der Waals surface area contributed by atoms with E-state index >= 15 is 0 Å². The fourth-order valence-electron chi connectivity index (χ4n) is 8.70. The molecule has 0 aliphatic heterocycles. The molecule has 0 aliphatic rings. The van der Waals surface area contributed by atoms with Crippen molar-refractivity contribution in [2.24, 2.45) is 0 Å². The molecule has 0 rings (SSSR count). The van der Waals surface area contributed by atoms with Crippen molar-refractivity contribution >= 4 is 19.7 Å². The quantitative estimate of drug-likeness (QED) is 0.0212. The summed E-state index contributed by atoms with van der Waals surface area (Å²) in [7, 11) is 1.20. The Bertz CT molecular complexity index is 1160. The van der Waals surface area contributed by atoms with Gasteiger partial charge in [0.15, 0.2) is 0 Å². The first-order valence-electron chi connectivity index (χ1n) is 29.0. The normalized spacial score (nSPS) is 13.8. The molecule has 0 heterocycles. The molecule has 0 bridgehead atoms. The SMILES string of the molecule is CCCCCCCCCCCC/C=C/C(OC(=O)CCCCCCCCCCCCCCCC)C(COP(=O)([O-])OCC[N+](C)(C)C)NC(=O)CCCCCCCCCCCCCCCCC. The predicted octanol–water partition coefficient (Wildman–Crippen LogP) is 16.6. The number of unbranched alkanes of at least 4 members (excludes halogenated alkanes) is 37. The lowest BCUT2D eigenvalue weighted by molar-refractivity contribution is -0.870. The minimum absolute atomic E-state index is 0.0170. The summed E-state index contributed by atoms with van der Waals surface area (Å²) in [4.78, 5) is 39.8. The van der Waals surface area contributed by atoms with Gasteiger partial charge in [-0.1, -0.05) is 258 Å². The molecule has 3 atom stereocenters. The number of phosphoric ester groups is 1. The summed E-state index contributed by atoms with van der Waals surface area (Å²) in [6.07, 6.45) is 53.1. The van der Waals surface area contributed by atoms with Crippen molar-refractivity contribution in [2.45, 2.75) is 303 Å². The molecular formula is C57H113N2O7P. The van der Waals surface area contributed by atoms with E-state index in [9.17, 15) is 19.0 Å². The van der Waals surface area contributed by atoms with E-state index in [0.717, 1.165) is 57.8 Å². The average molecular weight is 970 g/mol. The van der Waals surface area contributed by atoms with Crippen LogP contribution in [0.2, 0.25) is 0 Å². The van der Waals surface area contributed by atoms with Crippen LogP contribution in [0.5, 0.6) is 0 Å². The van der Waals surface area contributed by atoms with Crippen LogP contribution in [0.4, 0.5) is 0 Å². The molecule has 10 heteroatoms. The van der Waals surface area contributed by atoms with E-state index in [1.807, 2.05) is 33.3 Å². The van der Waals surface area contributed by atoms with E-state index < -0.39 is 20.0 Å². The van der Waals surface area contributed by atoms with Gasteiger partial charge in [0.1, 0.15) is 19.3 Å². The van der Waals surface area contributed by atoms with E-state index in [4.69, 9.17) is 13.8 Å². The number of esters is 1. The molecule has 3 unspecified atom stereocenters. The smallest absolute Gasteiger partial charge is 0.306 e. The van der Waals surface area contributed by atoms with E-state index in [-0.39, 0.29) is 31.5 Å². The molecule has 0 spiro atoms. The van der Waals surface area contributed by atoms with Crippen molar-refractivity contribution in [1.82, 2.24) is 5.32 Å². The van der Waals surface area contributed by atoms with Crippen LogP contribution in [0.3, 0.4) is 0 Å². The number of ether oxygens (including phenoxy) is 1. The van der Waals surface area contributed by atoms with Crippen molar-refractivity contribution in [3.8, 4) is 0 Å². The van der Waals surface area contributed by atoms with E-state index in [2.05, 4.69) is 26.1 Å². The number of nitrogens with one attached hydrogen (secondary N) is 1. The molecule has 0 radical (unpaired) electrons. The van der Waals surface area contributed by atoms with Gasteiger partial charge in [-0.05, 0) is 31.8 Å². The van der Waals surface area contributed by atoms with Crippen LogP contribution >= 0.6 is 7.82 Å². The fraction of sp³-hybridized carbons (Fsp3) is 0.930. The number of nitrogens with zero attached hydrogens (tertiary/aromatic N) is 1. The lowest BCUT2D eigenvalue weighted by Gasteiger charge is -2.30. The first-order valence-corrected chi connectivity index (χ1v) is 30.5. The molecule has 0 aliphatic carbocycles. The second-order valence-corrected chi connectivity index (χ2v) is 22.6. The summed E-state index contributed by atoms with van der Waals surface area (Å²) in [6.45, 7) is 6.88. The minimum atomic E-state index is -4.68. The van der Waals surface area contributed by atoms with Gasteiger partial charge in [0.2, 0.25) is 5.91 Å². The lowest BCUT2D eigenvalue weighted by atomic mass is 10.0. The summed E-state index contributed by atoms with van der Waals surface area (Å²) >= 11 is 0. The number of amides is 1. The molecule has 0 saturated carbocycles. The minimum Gasteiger partial charge on any atom is -0.756 e. The number of phosphoric acid groups is 1. The molecule has 398 valence electrons. The monoisotopic (exact) mass is 969 g/mol. The molecule has 9 nitrogen and oxygen atoms in total. The van der Waals surface area contributed by atoms with Gasteiger partial charge in [0.25, 0.3) is 7.82 Å². The summed E-state index contributed by atoms with van der Waals surface area (Å²) < 4.78 is 30.2. The number of hydrogen-bond acceptors (Lipinski definition) is 7. The van der Waals surface area contributed by atoms with Crippen LogP contribution in [0.25, 0.3) is 0 Å². The maximum atomic E-state index is 13.5. The number of rotatable bonds is 53. The molecule has 0 aromatic rings. The number of likely N-dealkylation sites (N-methyl/N-ethyl adjacent to an activating group) is 1. The first-order chi connectivity index (χ1) is 32.4. The summed E-state index contributed by atoms with van der Waals surface area (Å²) in [5.41, 5.74) is 0. The number of carbonyl (C=O) groups is 2. The highest BCUT2D eigenvalue weighted by Crippen LogP contribution is 2.38. The van der Waals surface area contributed by atoms with Gasteiger partial charge < -0.3 is 28.5 Å². The Labute approximate surface area is 416 Å². The molecule has 0 fully saturated rings. The zero-order chi connectivity index (χ0) is 49.4. The lowest BCUT2D eigenvalue weighted by Crippen LogP contribution is -2.47. The number of hydrogen-bond donors (Lipinski definition) is 1. The second kappa shape index (κ2) is 48.4. The third kappa shape index (κ3) is 49.5. The van der Waals surface area contributed by atoms with Gasteiger partial charge in [0, 0.05) is 12.8 Å². The fourth-order valence-corrected chi connectivity index (χ4v) is 9.42. The first kappa shape index (κ1) is 65.8. The van der Waals surface area contributed by atoms with E-state index in [0.29, 0.717) is 17.4 Å². The molecule has 1 N–H and O–H groups in total. The zero-order valence-corrected chi connectivity index (χ0v) is 46.3. The number of allylic oxidation sites excluding steroid dienone is 1. The molecule has 0 saturated heterocycles. The van der Waals surface area contributed by atoms with Crippen molar-refractivity contribution in [1.29, 1.82) is 0 Å². The standard InChI is InChI=1S/C57H113N2O7P/c1-7-10-13-16-19-22-25-28-30-31-34-37-40-43-46-49-56(60)58-54(53-65-67(62,63)64-52-51-59(4,5)6)55(48-45-42-39-36-33-27-24-21-18-15-12-9-3)66-57(61)50-47-44-41-38-35-32-29-26-23-20-17-14-11-8-2/h45,48,54-55H,7-44,46-47,49-53H2,1-6H3,(H-,58,60,62,63)/b48-45+. The number of quaternary nitrogens is 1. The van der Waals surface area contributed by atoms with Crippen LogP contribution in [-0.2, 0) is 27.9 Å².